The fourth-order valence-electron chi connectivity index (χ4n) is 2.77. The monoisotopic (exact) mass is 275 g/mol. The van der Waals surface area contributed by atoms with Crippen LogP contribution in [-0.4, -0.2) is 29.9 Å². The normalized spacial score (nSPS) is 19.2. The third-order valence-electron chi connectivity index (χ3n) is 4.19. The number of carbonyl (C=O) groups is 1. The number of amides is 1. The van der Waals surface area contributed by atoms with Crippen molar-refractivity contribution < 1.29 is 4.79 Å². The maximum Gasteiger partial charge on any atom is 0.224 e. The van der Waals surface area contributed by atoms with E-state index < -0.39 is 0 Å². The Morgan fingerprint density at radius 3 is 3.00 bits per heavy atom. The molecule has 0 spiro atoms. The van der Waals surface area contributed by atoms with Gasteiger partial charge in [0.25, 0.3) is 0 Å². The molecule has 110 valence electrons. The number of hydrogen-bond acceptors (Lipinski definition) is 3. The number of carbonyl (C=O) groups excluding carboxylic acids is 1. The summed E-state index contributed by atoms with van der Waals surface area (Å²) in [5.74, 6) is 0.0746. The van der Waals surface area contributed by atoms with Crippen LogP contribution in [0.3, 0.4) is 0 Å². The molecule has 1 fully saturated rings. The van der Waals surface area contributed by atoms with Gasteiger partial charge >= 0.3 is 0 Å². The molecular formula is C16H25N3O. The molecule has 4 heteroatoms. The zero-order chi connectivity index (χ0) is 14.5. The number of anilines is 2. The lowest BCUT2D eigenvalue weighted by atomic mass is 10.1. The van der Waals surface area contributed by atoms with Gasteiger partial charge in [-0.3, -0.25) is 4.79 Å². The van der Waals surface area contributed by atoms with Crippen molar-refractivity contribution in [1.29, 1.82) is 0 Å². The first-order valence-corrected chi connectivity index (χ1v) is 7.47. The molecule has 1 atom stereocenters. The second-order valence-corrected chi connectivity index (χ2v) is 5.70. The summed E-state index contributed by atoms with van der Waals surface area (Å²) in [7, 11) is 0. The molecule has 1 amide bonds. The van der Waals surface area contributed by atoms with E-state index in [1.807, 2.05) is 25.1 Å². The molecule has 1 aliphatic rings. The molecule has 3 N–H and O–H groups in total. The fraction of sp³-hybridized carbons (Fsp3) is 0.562. The van der Waals surface area contributed by atoms with E-state index in [2.05, 4.69) is 17.1 Å². The Morgan fingerprint density at radius 2 is 2.30 bits per heavy atom. The molecule has 2 rings (SSSR count). The average molecular weight is 275 g/mol. The molecule has 0 bridgehead atoms. The van der Waals surface area contributed by atoms with Crippen molar-refractivity contribution in [1.82, 2.24) is 4.90 Å². The van der Waals surface area contributed by atoms with Crippen LogP contribution in [0.25, 0.3) is 0 Å². The highest BCUT2D eigenvalue weighted by Crippen LogP contribution is 2.21. The largest absolute Gasteiger partial charge is 0.398 e. The van der Waals surface area contributed by atoms with Crippen LogP contribution in [0.5, 0.6) is 0 Å². The number of nitrogens with two attached hydrogens (primary N) is 1. The van der Waals surface area contributed by atoms with E-state index in [0.29, 0.717) is 18.2 Å². The van der Waals surface area contributed by atoms with Gasteiger partial charge < -0.3 is 16.0 Å². The van der Waals surface area contributed by atoms with E-state index in [1.54, 1.807) is 0 Å². The van der Waals surface area contributed by atoms with Crippen molar-refractivity contribution in [2.24, 2.45) is 0 Å². The highest BCUT2D eigenvalue weighted by atomic mass is 16.1. The van der Waals surface area contributed by atoms with E-state index >= 15 is 0 Å². The lowest BCUT2D eigenvalue weighted by molar-refractivity contribution is -0.116. The first kappa shape index (κ1) is 14.9. The number of nitrogens with one attached hydrogen (secondary N) is 1. The third-order valence-corrected chi connectivity index (χ3v) is 4.19. The number of likely N-dealkylation sites (tertiary alicyclic amines) is 1. The Balaban J connectivity index is 1.76. The maximum atomic E-state index is 12.0. The minimum Gasteiger partial charge on any atom is -0.398 e. The van der Waals surface area contributed by atoms with Crippen LogP contribution in [0.1, 0.15) is 38.2 Å². The number of nitrogens with zero attached hydrogens (tertiary/aromatic N) is 1. The number of hydrogen-bond donors (Lipinski definition) is 2. The molecular weight excluding hydrogens is 250 g/mol. The lowest BCUT2D eigenvalue weighted by Gasteiger charge is -2.20. The molecule has 0 aliphatic carbocycles. The molecule has 1 heterocycles. The van der Waals surface area contributed by atoms with Gasteiger partial charge in [-0.2, -0.15) is 0 Å². The zero-order valence-corrected chi connectivity index (χ0v) is 12.5. The molecule has 1 aromatic rings. The maximum absolute atomic E-state index is 12.0. The number of benzene rings is 1. The molecule has 1 unspecified atom stereocenters. The van der Waals surface area contributed by atoms with Crippen LogP contribution in [-0.2, 0) is 4.79 Å². The summed E-state index contributed by atoms with van der Waals surface area (Å²) in [4.78, 5) is 14.4. The van der Waals surface area contributed by atoms with Crippen LogP contribution in [0, 0.1) is 6.92 Å². The van der Waals surface area contributed by atoms with Crippen molar-refractivity contribution in [3.63, 3.8) is 0 Å². The Hall–Kier alpha value is -1.55. The van der Waals surface area contributed by atoms with E-state index in [9.17, 15) is 4.79 Å². The Kier molecular flexibility index (Phi) is 5.01. The van der Waals surface area contributed by atoms with E-state index in [4.69, 9.17) is 5.73 Å². The van der Waals surface area contributed by atoms with Crippen LogP contribution >= 0.6 is 0 Å². The summed E-state index contributed by atoms with van der Waals surface area (Å²) in [5.41, 5.74) is 8.32. The van der Waals surface area contributed by atoms with Gasteiger partial charge in [0.15, 0.2) is 0 Å². The van der Waals surface area contributed by atoms with Crippen LogP contribution in [0.15, 0.2) is 18.2 Å². The summed E-state index contributed by atoms with van der Waals surface area (Å²) >= 11 is 0. The molecule has 20 heavy (non-hydrogen) atoms. The number of nitrogen functional groups attached to an aromatic ring is 1. The van der Waals surface area contributed by atoms with Crippen LogP contribution in [0.4, 0.5) is 11.4 Å². The Morgan fingerprint density at radius 1 is 1.50 bits per heavy atom. The van der Waals surface area contributed by atoms with Gasteiger partial charge in [0.2, 0.25) is 5.91 Å². The van der Waals surface area contributed by atoms with Gasteiger partial charge in [-0.25, -0.2) is 0 Å². The smallest absolute Gasteiger partial charge is 0.224 e. The molecule has 1 aliphatic heterocycles. The van der Waals surface area contributed by atoms with Crippen molar-refractivity contribution >= 4 is 17.3 Å². The summed E-state index contributed by atoms with van der Waals surface area (Å²) in [6.07, 6.45) is 4.06. The molecule has 1 aromatic carbocycles. The quantitative estimate of drug-likeness (QED) is 0.812. The number of rotatable bonds is 5. The highest BCUT2D eigenvalue weighted by Gasteiger charge is 2.19. The van der Waals surface area contributed by atoms with Gasteiger partial charge in [0, 0.05) is 23.8 Å². The second kappa shape index (κ2) is 6.75. The first-order chi connectivity index (χ1) is 9.58. The van der Waals surface area contributed by atoms with Crippen molar-refractivity contribution in [2.45, 2.75) is 45.6 Å². The van der Waals surface area contributed by atoms with Gasteiger partial charge in [0.05, 0.1) is 0 Å². The Bertz CT molecular complexity index is 473. The van der Waals surface area contributed by atoms with E-state index in [-0.39, 0.29) is 5.91 Å². The fourth-order valence-corrected chi connectivity index (χ4v) is 2.77. The summed E-state index contributed by atoms with van der Waals surface area (Å²) in [5, 5.41) is 2.95. The van der Waals surface area contributed by atoms with E-state index in [0.717, 1.165) is 24.2 Å². The second-order valence-electron chi connectivity index (χ2n) is 5.70. The minimum atomic E-state index is 0.0746. The predicted octanol–water partition coefficient (Wildman–Crippen LogP) is 2.78. The standard InChI is InChI=1S/C16H25N3O/c1-12-6-4-10-19(12)11-5-9-16(20)18-15-8-3-7-14(17)13(15)2/h3,7-8,12H,4-6,9-11,17H2,1-2H3,(H,18,20). The summed E-state index contributed by atoms with van der Waals surface area (Å²) in [6.45, 7) is 6.39. The van der Waals surface area contributed by atoms with Gasteiger partial charge in [-0.15, -0.1) is 0 Å². The van der Waals surface area contributed by atoms with Gasteiger partial charge in [-0.05, 0) is 63.9 Å². The van der Waals surface area contributed by atoms with Crippen LogP contribution < -0.4 is 11.1 Å². The minimum absolute atomic E-state index is 0.0746. The summed E-state index contributed by atoms with van der Waals surface area (Å²) in [6, 6.07) is 6.28. The van der Waals surface area contributed by atoms with Crippen molar-refractivity contribution in [2.75, 3.05) is 24.1 Å². The van der Waals surface area contributed by atoms with Crippen molar-refractivity contribution in [3.8, 4) is 0 Å². The summed E-state index contributed by atoms with van der Waals surface area (Å²) < 4.78 is 0. The van der Waals surface area contributed by atoms with Crippen molar-refractivity contribution in [3.05, 3.63) is 23.8 Å². The molecule has 4 nitrogen and oxygen atoms in total. The van der Waals surface area contributed by atoms with Gasteiger partial charge in [0.1, 0.15) is 0 Å². The zero-order valence-electron chi connectivity index (χ0n) is 12.5. The lowest BCUT2D eigenvalue weighted by Crippen LogP contribution is -2.28. The molecule has 1 saturated heterocycles. The average Bonchev–Trinajstić information content (AvgIpc) is 2.81. The third kappa shape index (κ3) is 3.73. The Labute approximate surface area is 121 Å². The van der Waals surface area contributed by atoms with E-state index in [1.165, 1.54) is 19.4 Å². The van der Waals surface area contributed by atoms with Crippen LogP contribution in [0.2, 0.25) is 0 Å². The SMILES string of the molecule is Cc1c(N)cccc1NC(=O)CCCN1CCCC1C. The molecule has 0 radical (unpaired) electrons. The molecule has 0 aromatic heterocycles. The highest BCUT2D eigenvalue weighted by molar-refractivity contribution is 5.92. The predicted molar refractivity (Wildman–Crippen MR) is 83.7 cm³/mol. The molecule has 0 saturated carbocycles. The van der Waals surface area contributed by atoms with Gasteiger partial charge in [-0.1, -0.05) is 6.07 Å². The first-order valence-electron chi connectivity index (χ1n) is 7.47. The topological polar surface area (TPSA) is 58.4 Å².